The van der Waals surface area contributed by atoms with Gasteiger partial charge in [-0.15, -0.1) is 0 Å². The van der Waals surface area contributed by atoms with Crippen LogP contribution in [0.15, 0.2) is 0 Å². The van der Waals surface area contributed by atoms with Crippen molar-refractivity contribution in [2.45, 2.75) is 31.9 Å². The maximum Gasteiger partial charge on any atom is 0.329 e. The quantitative estimate of drug-likeness (QED) is 0.693. The first-order chi connectivity index (χ1) is 7.69. The summed E-state index contributed by atoms with van der Waals surface area (Å²) in [5.74, 6) is -1.37. The lowest BCUT2D eigenvalue weighted by atomic mass is 10.00. The highest BCUT2D eigenvalue weighted by Gasteiger charge is 2.37. The lowest BCUT2D eigenvalue weighted by Gasteiger charge is -2.40. The lowest BCUT2D eigenvalue weighted by molar-refractivity contribution is -0.161. The molecule has 0 saturated carbocycles. The molecule has 17 heavy (non-hydrogen) atoms. The highest BCUT2D eigenvalue weighted by molar-refractivity contribution is 5.86. The second kappa shape index (κ2) is 4.62. The van der Waals surface area contributed by atoms with Crippen LogP contribution in [0.1, 0.15) is 20.8 Å². The lowest BCUT2D eigenvalue weighted by Crippen LogP contribution is -2.60. The van der Waals surface area contributed by atoms with E-state index in [0.717, 1.165) is 0 Å². The van der Waals surface area contributed by atoms with Crippen LogP contribution in [0, 0.1) is 0 Å². The number of hydrogen-bond acceptors (Lipinski definition) is 4. The van der Waals surface area contributed by atoms with E-state index in [9.17, 15) is 9.59 Å². The van der Waals surface area contributed by atoms with E-state index in [2.05, 4.69) is 5.32 Å². The van der Waals surface area contributed by atoms with Gasteiger partial charge in [-0.25, -0.2) is 4.79 Å². The molecule has 2 N–H and O–H groups in total. The molecule has 1 aliphatic rings. The van der Waals surface area contributed by atoms with Crippen molar-refractivity contribution in [1.29, 1.82) is 0 Å². The number of amides is 1. The van der Waals surface area contributed by atoms with E-state index in [1.54, 1.807) is 0 Å². The normalized spacial score (nSPS) is 18.4. The minimum atomic E-state index is -1.22. The average Bonchev–Trinajstić information content (AvgIpc) is 2.21. The fraction of sp³-hybridized carbons (Fsp3) is 0.818. The molecule has 1 rings (SSSR count). The Morgan fingerprint density at radius 2 is 2.00 bits per heavy atom. The van der Waals surface area contributed by atoms with Crippen LogP contribution in [0.4, 0.5) is 0 Å². The van der Waals surface area contributed by atoms with Gasteiger partial charge >= 0.3 is 5.97 Å². The summed E-state index contributed by atoms with van der Waals surface area (Å²) in [6.45, 7) is 6.23. The van der Waals surface area contributed by atoms with Gasteiger partial charge in [-0.2, -0.15) is 0 Å². The van der Waals surface area contributed by atoms with Crippen molar-refractivity contribution in [2.75, 3.05) is 26.7 Å². The Labute approximate surface area is 101 Å². The number of hydrogen-bond donors (Lipinski definition) is 2. The van der Waals surface area contributed by atoms with Gasteiger partial charge in [0.05, 0.1) is 5.60 Å². The number of carbonyl (C=O) groups is 2. The van der Waals surface area contributed by atoms with Crippen molar-refractivity contribution in [1.82, 2.24) is 10.2 Å². The van der Waals surface area contributed by atoms with E-state index >= 15 is 0 Å². The van der Waals surface area contributed by atoms with Crippen molar-refractivity contribution in [3.63, 3.8) is 0 Å². The zero-order chi connectivity index (χ0) is 13.3. The SMILES string of the molecule is CN(C(=O)COC1(C)CNC1)C(C)(C)C(=O)O. The molecule has 0 bridgehead atoms. The number of nitrogens with one attached hydrogen (secondary N) is 1. The molecule has 0 aromatic carbocycles. The zero-order valence-electron chi connectivity index (χ0n) is 10.7. The molecule has 98 valence electrons. The number of likely N-dealkylation sites (N-methyl/N-ethyl adjacent to an activating group) is 1. The molecule has 0 spiro atoms. The average molecular weight is 244 g/mol. The smallest absolute Gasteiger partial charge is 0.329 e. The van der Waals surface area contributed by atoms with Crippen molar-refractivity contribution >= 4 is 11.9 Å². The Morgan fingerprint density at radius 1 is 1.47 bits per heavy atom. The van der Waals surface area contributed by atoms with Crippen LogP contribution in [0.3, 0.4) is 0 Å². The second-order valence-electron chi connectivity index (χ2n) is 5.16. The van der Waals surface area contributed by atoms with Crippen LogP contribution < -0.4 is 5.32 Å². The Bertz CT molecular complexity index is 323. The summed E-state index contributed by atoms with van der Waals surface area (Å²) in [5.41, 5.74) is -1.52. The minimum Gasteiger partial charge on any atom is -0.480 e. The summed E-state index contributed by atoms with van der Waals surface area (Å²) in [7, 11) is 1.47. The van der Waals surface area contributed by atoms with Gasteiger partial charge in [0.1, 0.15) is 12.1 Å². The fourth-order valence-corrected chi connectivity index (χ4v) is 1.37. The van der Waals surface area contributed by atoms with Gasteiger partial charge in [0.25, 0.3) is 0 Å². The molecule has 0 atom stereocenters. The summed E-state index contributed by atoms with van der Waals surface area (Å²) < 4.78 is 5.48. The Hall–Kier alpha value is -1.14. The molecule has 1 saturated heterocycles. The third kappa shape index (κ3) is 2.95. The maximum absolute atomic E-state index is 11.8. The molecule has 1 aliphatic heterocycles. The first-order valence-corrected chi connectivity index (χ1v) is 5.54. The number of nitrogens with zero attached hydrogens (tertiary/aromatic N) is 1. The van der Waals surface area contributed by atoms with Gasteiger partial charge < -0.3 is 20.1 Å². The van der Waals surface area contributed by atoms with Crippen LogP contribution in [-0.2, 0) is 14.3 Å². The Kier molecular flexibility index (Phi) is 3.78. The van der Waals surface area contributed by atoms with E-state index in [1.807, 2.05) is 6.92 Å². The summed E-state index contributed by atoms with van der Waals surface area (Å²) in [4.78, 5) is 24.0. The maximum atomic E-state index is 11.8. The molecule has 0 radical (unpaired) electrons. The molecule has 0 aliphatic carbocycles. The Morgan fingerprint density at radius 3 is 2.35 bits per heavy atom. The van der Waals surface area contributed by atoms with E-state index in [0.29, 0.717) is 13.1 Å². The van der Waals surface area contributed by atoms with E-state index in [4.69, 9.17) is 9.84 Å². The number of carbonyl (C=O) groups excluding carboxylic acids is 1. The molecule has 6 heteroatoms. The standard InChI is InChI=1S/C11H20N2O4/c1-10(2,9(15)16)13(4)8(14)5-17-11(3)6-12-7-11/h12H,5-7H2,1-4H3,(H,15,16). The number of ether oxygens (including phenoxy) is 1. The van der Waals surface area contributed by atoms with Crippen molar-refractivity contribution in [3.8, 4) is 0 Å². The van der Waals surface area contributed by atoms with Crippen molar-refractivity contribution in [2.24, 2.45) is 0 Å². The molecular weight excluding hydrogens is 224 g/mol. The first kappa shape index (κ1) is 13.9. The fourth-order valence-electron chi connectivity index (χ4n) is 1.37. The predicted molar refractivity (Wildman–Crippen MR) is 61.7 cm³/mol. The molecule has 1 amide bonds. The van der Waals surface area contributed by atoms with Gasteiger partial charge in [-0.3, -0.25) is 4.79 Å². The molecule has 0 aromatic rings. The van der Waals surface area contributed by atoms with Gasteiger partial charge in [0.2, 0.25) is 5.91 Å². The van der Waals surface area contributed by atoms with Crippen LogP contribution in [0.5, 0.6) is 0 Å². The third-order valence-corrected chi connectivity index (χ3v) is 3.28. The second-order valence-corrected chi connectivity index (χ2v) is 5.16. The van der Waals surface area contributed by atoms with Gasteiger partial charge in [-0.1, -0.05) is 0 Å². The van der Waals surface area contributed by atoms with Crippen LogP contribution >= 0.6 is 0 Å². The largest absolute Gasteiger partial charge is 0.480 e. The first-order valence-electron chi connectivity index (χ1n) is 5.54. The summed E-state index contributed by atoms with van der Waals surface area (Å²) in [6.07, 6.45) is 0. The molecule has 0 aromatic heterocycles. The predicted octanol–water partition coefficient (Wildman–Crippen LogP) is -0.313. The van der Waals surface area contributed by atoms with Crippen molar-refractivity contribution < 1.29 is 19.4 Å². The van der Waals surface area contributed by atoms with E-state index in [1.165, 1.54) is 25.8 Å². The number of rotatable bonds is 5. The van der Waals surface area contributed by atoms with Crippen LogP contribution in [0.2, 0.25) is 0 Å². The number of carboxylic acids is 1. The highest BCUT2D eigenvalue weighted by atomic mass is 16.5. The summed E-state index contributed by atoms with van der Waals surface area (Å²) in [5, 5.41) is 12.1. The number of aliphatic carboxylic acids is 1. The van der Waals surface area contributed by atoms with Crippen LogP contribution in [-0.4, -0.2) is 59.8 Å². The molecule has 6 nitrogen and oxygen atoms in total. The summed E-state index contributed by atoms with van der Waals surface area (Å²) >= 11 is 0. The zero-order valence-corrected chi connectivity index (χ0v) is 10.7. The molecule has 0 unspecified atom stereocenters. The van der Waals surface area contributed by atoms with Crippen LogP contribution in [0.25, 0.3) is 0 Å². The summed E-state index contributed by atoms with van der Waals surface area (Å²) in [6, 6.07) is 0. The molecule has 1 fully saturated rings. The topological polar surface area (TPSA) is 78.9 Å². The van der Waals surface area contributed by atoms with Gasteiger partial charge in [0, 0.05) is 20.1 Å². The molecule has 1 heterocycles. The number of carboxylic acid groups (broad SMARTS) is 1. The minimum absolute atomic E-state index is 0.0919. The Balaban J connectivity index is 2.49. The van der Waals surface area contributed by atoms with Gasteiger partial charge in [-0.05, 0) is 20.8 Å². The third-order valence-electron chi connectivity index (χ3n) is 3.28. The van der Waals surface area contributed by atoms with Crippen molar-refractivity contribution in [3.05, 3.63) is 0 Å². The molecular formula is C11H20N2O4. The van der Waals surface area contributed by atoms with Gasteiger partial charge in [0.15, 0.2) is 0 Å². The highest BCUT2D eigenvalue weighted by Crippen LogP contribution is 2.17. The monoisotopic (exact) mass is 244 g/mol. The van der Waals surface area contributed by atoms with E-state index in [-0.39, 0.29) is 18.1 Å². The van der Waals surface area contributed by atoms with E-state index < -0.39 is 11.5 Å².